The highest BCUT2D eigenvalue weighted by Gasteiger charge is 2.45. The van der Waals surface area contributed by atoms with Gasteiger partial charge in [-0.05, 0) is 57.3 Å². The van der Waals surface area contributed by atoms with Crippen LogP contribution in [0, 0.1) is 11.8 Å². The summed E-state index contributed by atoms with van der Waals surface area (Å²) in [4.78, 5) is 49.6. The highest BCUT2D eigenvalue weighted by molar-refractivity contribution is 7.90. The van der Waals surface area contributed by atoms with Gasteiger partial charge < -0.3 is 16.0 Å². The van der Waals surface area contributed by atoms with Gasteiger partial charge in [-0.3, -0.25) is 23.9 Å². The first-order chi connectivity index (χ1) is 16.1. The summed E-state index contributed by atoms with van der Waals surface area (Å²) in [5.74, 6) is -1.62. The van der Waals surface area contributed by atoms with Gasteiger partial charge in [-0.15, -0.1) is 0 Å². The second-order valence-electron chi connectivity index (χ2n) is 9.63. The van der Waals surface area contributed by atoms with E-state index in [0.717, 1.165) is 32.1 Å². The van der Waals surface area contributed by atoms with Crippen LogP contribution in [0.15, 0.2) is 12.2 Å². The summed E-state index contributed by atoms with van der Waals surface area (Å²) in [5.41, 5.74) is 5.41. The van der Waals surface area contributed by atoms with Crippen molar-refractivity contribution in [1.29, 1.82) is 0 Å². The third-order valence-corrected chi connectivity index (χ3v) is 8.50. The van der Waals surface area contributed by atoms with Crippen molar-refractivity contribution in [1.82, 2.24) is 14.9 Å². The molecule has 1 heterocycles. The Hall–Kier alpha value is -2.43. The highest BCUT2D eigenvalue weighted by atomic mass is 32.2. The average Bonchev–Trinajstić information content (AvgIpc) is 3.68. The van der Waals surface area contributed by atoms with Gasteiger partial charge in [-0.2, -0.15) is 0 Å². The number of likely N-dealkylation sites (tertiary alicyclic amines) is 1. The molecule has 4 atom stereocenters. The van der Waals surface area contributed by atoms with E-state index in [9.17, 15) is 27.6 Å². The quantitative estimate of drug-likeness (QED) is 0.252. The molecule has 0 bridgehead atoms. The molecule has 0 aromatic rings. The Bertz CT molecular complexity index is 930. The molecular weight excluding hydrogens is 460 g/mol. The molecule has 3 aliphatic rings. The Morgan fingerprint density at radius 2 is 1.85 bits per heavy atom. The van der Waals surface area contributed by atoms with Crippen LogP contribution in [0.3, 0.4) is 0 Å². The summed E-state index contributed by atoms with van der Waals surface area (Å²) in [6, 6.07) is -1.26. The van der Waals surface area contributed by atoms with E-state index in [4.69, 9.17) is 5.73 Å². The summed E-state index contributed by atoms with van der Waals surface area (Å²) in [6.07, 6.45) is 11.0. The summed E-state index contributed by atoms with van der Waals surface area (Å²) in [6.45, 7) is 1.84. The van der Waals surface area contributed by atoms with Crippen LogP contribution in [-0.4, -0.2) is 60.8 Å². The molecule has 1 saturated heterocycles. The normalized spacial score (nSPS) is 25.2. The molecule has 2 aliphatic carbocycles. The molecule has 11 heteroatoms. The number of primary amides is 1. The number of nitrogens with two attached hydrogens (primary N) is 1. The van der Waals surface area contributed by atoms with E-state index in [2.05, 4.69) is 10.0 Å². The van der Waals surface area contributed by atoms with Gasteiger partial charge in [-0.1, -0.05) is 25.0 Å². The predicted molar refractivity (Wildman–Crippen MR) is 125 cm³/mol. The second-order valence-corrected chi connectivity index (χ2v) is 11.6. The molecule has 0 radical (unpaired) electrons. The minimum Gasteiger partial charge on any atom is -0.368 e. The van der Waals surface area contributed by atoms with Gasteiger partial charge >= 0.3 is 0 Å². The highest BCUT2D eigenvalue weighted by Crippen LogP contribution is 2.40. The van der Waals surface area contributed by atoms with Gasteiger partial charge in [0.05, 0.1) is 5.25 Å². The first kappa shape index (κ1) is 26.2. The van der Waals surface area contributed by atoms with Crippen LogP contribution in [0.2, 0.25) is 0 Å². The van der Waals surface area contributed by atoms with E-state index in [0.29, 0.717) is 38.6 Å². The topological polar surface area (TPSA) is 156 Å². The Morgan fingerprint density at radius 1 is 1.12 bits per heavy atom. The Morgan fingerprint density at radius 3 is 2.50 bits per heavy atom. The lowest BCUT2D eigenvalue weighted by molar-refractivity contribution is -0.140. The molecule has 1 aliphatic heterocycles. The molecule has 0 spiro atoms. The molecule has 10 nitrogen and oxygen atoms in total. The first-order valence-electron chi connectivity index (χ1n) is 12.2. The number of allylic oxidation sites excluding steroid dienone is 2. The maximum atomic E-state index is 12.9. The number of nitrogens with one attached hydrogen (secondary N) is 2. The van der Waals surface area contributed by atoms with Crippen molar-refractivity contribution >= 4 is 33.7 Å². The second kappa shape index (κ2) is 11.3. The van der Waals surface area contributed by atoms with Crippen molar-refractivity contribution in [2.24, 2.45) is 17.6 Å². The maximum absolute atomic E-state index is 12.9. The van der Waals surface area contributed by atoms with E-state index in [1.54, 1.807) is 0 Å². The number of carbonyl (C=O) groups excluding carboxylic acids is 4. The lowest BCUT2D eigenvalue weighted by atomic mass is 10.0. The zero-order valence-electron chi connectivity index (χ0n) is 19.7. The SMILES string of the molecule is CC(=O)N[C@@H](CCCCC/C=C\[C@@H]1CC1C(=O)NS(=O)(=O)C1CC1)C(=O)N1CCC[C@H]1C(N)=O. The summed E-state index contributed by atoms with van der Waals surface area (Å²) in [5, 5.41) is 2.31. The maximum Gasteiger partial charge on any atom is 0.245 e. The van der Waals surface area contributed by atoms with Crippen LogP contribution >= 0.6 is 0 Å². The van der Waals surface area contributed by atoms with Gasteiger partial charge in [0.15, 0.2) is 0 Å². The predicted octanol–water partition coefficient (Wildman–Crippen LogP) is 0.719. The molecule has 0 aromatic carbocycles. The molecule has 1 unspecified atom stereocenters. The number of carbonyl (C=O) groups is 4. The number of sulfonamides is 1. The molecule has 190 valence electrons. The van der Waals surface area contributed by atoms with Gasteiger partial charge in [-0.25, -0.2) is 8.42 Å². The summed E-state index contributed by atoms with van der Waals surface area (Å²) in [7, 11) is -3.48. The number of rotatable bonds is 13. The van der Waals surface area contributed by atoms with Crippen LogP contribution in [0.4, 0.5) is 0 Å². The molecule has 3 rings (SSSR count). The Kier molecular flexibility index (Phi) is 8.72. The van der Waals surface area contributed by atoms with Crippen LogP contribution < -0.4 is 15.8 Å². The van der Waals surface area contributed by atoms with E-state index >= 15 is 0 Å². The monoisotopic (exact) mass is 496 g/mol. The van der Waals surface area contributed by atoms with Crippen LogP contribution in [-0.2, 0) is 29.2 Å². The minimum atomic E-state index is -3.48. The Balaban J connectivity index is 1.34. The summed E-state index contributed by atoms with van der Waals surface area (Å²) < 4.78 is 25.9. The number of hydrogen-bond acceptors (Lipinski definition) is 6. The van der Waals surface area contributed by atoms with Crippen molar-refractivity contribution in [3.8, 4) is 0 Å². The zero-order valence-corrected chi connectivity index (χ0v) is 20.5. The average molecular weight is 497 g/mol. The van der Waals surface area contributed by atoms with Gasteiger partial charge in [0, 0.05) is 19.4 Å². The fourth-order valence-corrected chi connectivity index (χ4v) is 5.85. The molecule has 2 saturated carbocycles. The fraction of sp³-hybridized carbons (Fsp3) is 0.739. The van der Waals surface area contributed by atoms with Gasteiger partial charge in [0.2, 0.25) is 33.7 Å². The molecule has 0 aromatic heterocycles. The third-order valence-electron chi connectivity index (χ3n) is 6.67. The number of nitrogens with zero attached hydrogens (tertiary/aromatic N) is 1. The van der Waals surface area contributed by atoms with E-state index in [1.165, 1.54) is 11.8 Å². The number of amides is 4. The molecule has 4 N–H and O–H groups in total. The molecule has 3 fully saturated rings. The first-order valence-corrected chi connectivity index (χ1v) is 13.7. The lowest BCUT2D eigenvalue weighted by Crippen LogP contribution is -2.52. The van der Waals surface area contributed by atoms with Crippen LogP contribution in [0.25, 0.3) is 0 Å². The van der Waals surface area contributed by atoms with E-state index in [-0.39, 0.29) is 23.7 Å². The van der Waals surface area contributed by atoms with Gasteiger partial charge in [0.25, 0.3) is 0 Å². The van der Waals surface area contributed by atoms with E-state index < -0.39 is 39.2 Å². The largest absolute Gasteiger partial charge is 0.368 e. The molecule has 4 amide bonds. The van der Waals surface area contributed by atoms with Crippen molar-refractivity contribution < 1.29 is 27.6 Å². The number of unbranched alkanes of at least 4 members (excludes halogenated alkanes) is 3. The summed E-state index contributed by atoms with van der Waals surface area (Å²) >= 11 is 0. The standard InChI is InChI=1S/C23H36N4O6S/c1-15(28)25-19(23(31)27-13-7-10-20(27)21(24)29)9-6-4-2-3-5-8-16-14-18(16)22(30)26-34(32,33)17-11-12-17/h5,8,16-20H,2-4,6-7,9-14H2,1H3,(H2,24,29)(H,25,28)(H,26,30)/b8-5-/t16-,18?,19+,20+/m1/s1. The lowest BCUT2D eigenvalue weighted by Gasteiger charge is -2.27. The smallest absolute Gasteiger partial charge is 0.245 e. The fourth-order valence-electron chi connectivity index (χ4n) is 4.49. The van der Waals surface area contributed by atoms with Crippen LogP contribution in [0.5, 0.6) is 0 Å². The Labute approximate surface area is 201 Å². The third kappa shape index (κ3) is 7.28. The van der Waals surface area contributed by atoms with Gasteiger partial charge in [0.1, 0.15) is 12.1 Å². The zero-order chi connectivity index (χ0) is 24.9. The van der Waals surface area contributed by atoms with Crippen molar-refractivity contribution in [2.75, 3.05) is 6.54 Å². The van der Waals surface area contributed by atoms with E-state index in [1.807, 2.05) is 12.2 Å². The number of hydrogen-bond donors (Lipinski definition) is 3. The van der Waals surface area contributed by atoms with Crippen molar-refractivity contribution in [2.45, 2.75) is 88.5 Å². The van der Waals surface area contributed by atoms with Crippen molar-refractivity contribution in [3.63, 3.8) is 0 Å². The van der Waals surface area contributed by atoms with Crippen molar-refractivity contribution in [3.05, 3.63) is 12.2 Å². The van der Waals surface area contributed by atoms with Crippen LogP contribution in [0.1, 0.15) is 71.1 Å². The molecule has 34 heavy (non-hydrogen) atoms. The molecular formula is C23H36N4O6S. The minimum absolute atomic E-state index is 0.0924.